The molecule has 1 amide bonds. The molecule has 122 valence electrons. The third-order valence-electron chi connectivity index (χ3n) is 3.49. The van der Waals surface area contributed by atoms with Crippen LogP contribution in [0.4, 0.5) is 13.2 Å². The van der Waals surface area contributed by atoms with Crippen molar-refractivity contribution in [2.75, 3.05) is 5.88 Å². The third kappa shape index (κ3) is 3.83. The minimum absolute atomic E-state index is 0.199. The van der Waals surface area contributed by atoms with E-state index in [1.54, 1.807) is 24.3 Å². The van der Waals surface area contributed by atoms with Crippen molar-refractivity contribution in [2.45, 2.75) is 12.3 Å². The van der Waals surface area contributed by atoms with E-state index in [4.69, 9.17) is 17.4 Å². The molecule has 2 aromatic carbocycles. The summed E-state index contributed by atoms with van der Waals surface area (Å²) in [6.07, 6.45) is 0.393. The fourth-order valence-corrected chi connectivity index (χ4v) is 2.51. The van der Waals surface area contributed by atoms with E-state index >= 15 is 0 Å². The minimum Gasteiger partial charge on any atom is -0.294 e. The number of nitrogens with two attached hydrogens (primary N) is 1. The highest BCUT2D eigenvalue weighted by Gasteiger charge is 2.19. The first-order valence-corrected chi connectivity index (χ1v) is 7.32. The molecule has 23 heavy (non-hydrogen) atoms. The monoisotopic (exact) mass is 342 g/mol. The summed E-state index contributed by atoms with van der Waals surface area (Å²) in [5, 5.41) is 0. The Kier molecular flexibility index (Phi) is 5.63. The summed E-state index contributed by atoms with van der Waals surface area (Å²) in [4.78, 5) is 11.7. The highest BCUT2D eigenvalue weighted by Crippen LogP contribution is 2.27. The molecule has 1 unspecified atom stereocenters. The van der Waals surface area contributed by atoms with Gasteiger partial charge < -0.3 is 0 Å². The highest BCUT2D eigenvalue weighted by molar-refractivity contribution is 6.18. The van der Waals surface area contributed by atoms with Crippen LogP contribution in [0.3, 0.4) is 0 Å². The van der Waals surface area contributed by atoms with Gasteiger partial charge in [-0.05, 0) is 35.2 Å². The Labute approximate surface area is 136 Å². The van der Waals surface area contributed by atoms with E-state index < -0.39 is 23.4 Å². The van der Waals surface area contributed by atoms with Gasteiger partial charge in [0.25, 0.3) is 0 Å². The number of carbonyl (C=O) groups is 1. The van der Waals surface area contributed by atoms with E-state index in [1.165, 1.54) is 0 Å². The van der Waals surface area contributed by atoms with Gasteiger partial charge in [0.1, 0.15) is 0 Å². The summed E-state index contributed by atoms with van der Waals surface area (Å²) < 4.78 is 39.6. The number of carbonyl (C=O) groups excluding carboxylic acids is 1. The Hall–Kier alpha value is -2.05. The molecule has 0 fully saturated rings. The average Bonchev–Trinajstić information content (AvgIpc) is 2.56. The molecule has 0 aliphatic carbocycles. The smallest absolute Gasteiger partial charge is 0.241 e. The molecule has 0 spiro atoms. The van der Waals surface area contributed by atoms with Gasteiger partial charge in [-0.15, -0.1) is 11.6 Å². The van der Waals surface area contributed by atoms with Crippen LogP contribution in [0.5, 0.6) is 0 Å². The molecule has 0 bridgehead atoms. The van der Waals surface area contributed by atoms with Gasteiger partial charge in [0, 0.05) is 5.88 Å². The Balaban J connectivity index is 2.33. The molecule has 0 aliphatic rings. The van der Waals surface area contributed by atoms with Gasteiger partial charge in [-0.1, -0.05) is 24.3 Å². The van der Waals surface area contributed by atoms with Gasteiger partial charge in [0.05, 0.1) is 5.92 Å². The van der Waals surface area contributed by atoms with E-state index in [2.05, 4.69) is 5.43 Å². The van der Waals surface area contributed by atoms with E-state index in [-0.39, 0.29) is 17.4 Å². The van der Waals surface area contributed by atoms with Crippen LogP contribution < -0.4 is 11.3 Å². The molecule has 0 saturated carbocycles. The zero-order valence-electron chi connectivity index (χ0n) is 12.0. The first-order valence-electron chi connectivity index (χ1n) is 6.79. The standard InChI is InChI=1S/C16H14ClF3N2O/c17-6-5-12(16(23)22-21)10-3-1-9(2-4-10)11-7-13(18)15(20)14(19)8-11/h1-4,7-8,12H,5-6,21H2,(H,22,23). The molecule has 0 aromatic heterocycles. The van der Waals surface area contributed by atoms with Crippen molar-refractivity contribution in [1.82, 2.24) is 5.43 Å². The first-order chi connectivity index (χ1) is 11.0. The molecule has 2 aromatic rings. The molecule has 0 radical (unpaired) electrons. The molecular formula is C16H14ClF3N2O. The maximum atomic E-state index is 13.3. The van der Waals surface area contributed by atoms with Crippen LogP contribution in [0, 0.1) is 17.5 Å². The van der Waals surface area contributed by atoms with Crippen LogP contribution in [-0.4, -0.2) is 11.8 Å². The largest absolute Gasteiger partial charge is 0.294 e. The lowest BCUT2D eigenvalue weighted by molar-refractivity contribution is -0.122. The number of halogens is 4. The maximum absolute atomic E-state index is 13.3. The summed E-state index contributed by atoms with van der Waals surface area (Å²) in [7, 11) is 0. The summed E-state index contributed by atoms with van der Waals surface area (Å²) >= 11 is 5.68. The normalized spacial score (nSPS) is 12.0. The fraction of sp³-hybridized carbons (Fsp3) is 0.188. The lowest BCUT2D eigenvalue weighted by Crippen LogP contribution is -2.35. The Morgan fingerprint density at radius 2 is 1.65 bits per heavy atom. The quantitative estimate of drug-likeness (QED) is 0.287. The van der Waals surface area contributed by atoms with Crippen molar-refractivity contribution in [3.63, 3.8) is 0 Å². The summed E-state index contributed by atoms with van der Waals surface area (Å²) in [6, 6.07) is 8.29. The van der Waals surface area contributed by atoms with Gasteiger partial charge in [-0.3, -0.25) is 10.2 Å². The molecule has 3 N–H and O–H groups in total. The molecule has 3 nitrogen and oxygen atoms in total. The van der Waals surface area contributed by atoms with Crippen LogP contribution in [0.2, 0.25) is 0 Å². The zero-order valence-corrected chi connectivity index (χ0v) is 12.7. The molecule has 0 aliphatic heterocycles. The lowest BCUT2D eigenvalue weighted by Gasteiger charge is -2.15. The summed E-state index contributed by atoms with van der Waals surface area (Å²) in [5.41, 5.74) is 3.43. The molecule has 7 heteroatoms. The minimum atomic E-state index is -1.51. The molecule has 0 saturated heterocycles. The van der Waals surface area contributed by atoms with Crippen molar-refractivity contribution in [2.24, 2.45) is 5.84 Å². The van der Waals surface area contributed by atoms with E-state index in [0.717, 1.165) is 12.1 Å². The molecule has 0 heterocycles. The van der Waals surface area contributed by atoms with Crippen LogP contribution in [-0.2, 0) is 4.79 Å². The number of benzene rings is 2. The third-order valence-corrected chi connectivity index (χ3v) is 3.70. The van der Waals surface area contributed by atoms with Gasteiger partial charge >= 0.3 is 0 Å². The van der Waals surface area contributed by atoms with Crippen LogP contribution in [0.25, 0.3) is 11.1 Å². The summed E-state index contributed by atoms with van der Waals surface area (Å²) in [5.74, 6) is 0.499. The SMILES string of the molecule is NNC(=O)C(CCCl)c1ccc(-c2cc(F)c(F)c(F)c2)cc1. The van der Waals surface area contributed by atoms with E-state index in [1.807, 2.05) is 0 Å². The highest BCUT2D eigenvalue weighted by atomic mass is 35.5. The van der Waals surface area contributed by atoms with Gasteiger partial charge in [0.2, 0.25) is 5.91 Å². The lowest BCUT2D eigenvalue weighted by atomic mass is 9.93. The fourth-order valence-electron chi connectivity index (χ4n) is 2.29. The van der Waals surface area contributed by atoms with Gasteiger partial charge in [0.15, 0.2) is 17.5 Å². The number of hydrazine groups is 1. The predicted molar refractivity (Wildman–Crippen MR) is 82.2 cm³/mol. The van der Waals surface area contributed by atoms with Crippen molar-refractivity contribution in [3.05, 3.63) is 59.4 Å². The second-order valence-corrected chi connectivity index (χ2v) is 5.29. The zero-order chi connectivity index (χ0) is 17.0. The number of alkyl halides is 1. The Morgan fingerprint density at radius 3 is 2.13 bits per heavy atom. The van der Waals surface area contributed by atoms with Crippen LogP contribution >= 0.6 is 11.6 Å². The maximum Gasteiger partial charge on any atom is 0.241 e. The molecule has 1 atom stereocenters. The number of amides is 1. The van der Waals surface area contributed by atoms with Crippen molar-refractivity contribution >= 4 is 17.5 Å². The van der Waals surface area contributed by atoms with Crippen molar-refractivity contribution < 1.29 is 18.0 Å². The number of hydrogen-bond donors (Lipinski definition) is 2. The summed E-state index contributed by atoms with van der Waals surface area (Å²) in [6.45, 7) is 0. The first kappa shape index (κ1) is 17.3. The van der Waals surface area contributed by atoms with Crippen LogP contribution in [0.1, 0.15) is 17.9 Å². The van der Waals surface area contributed by atoms with Gasteiger partial charge in [-0.2, -0.15) is 0 Å². The van der Waals surface area contributed by atoms with Crippen molar-refractivity contribution in [1.29, 1.82) is 0 Å². The second kappa shape index (κ2) is 7.48. The number of rotatable bonds is 5. The van der Waals surface area contributed by atoms with Gasteiger partial charge in [-0.25, -0.2) is 19.0 Å². The van der Waals surface area contributed by atoms with Crippen molar-refractivity contribution in [3.8, 4) is 11.1 Å². The predicted octanol–water partition coefficient (Wildman–Crippen LogP) is 3.47. The number of hydrogen-bond acceptors (Lipinski definition) is 2. The molecule has 2 rings (SSSR count). The number of nitrogens with one attached hydrogen (secondary N) is 1. The topological polar surface area (TPSA) is 55.1 Å². The van der Waals surface area contributed by atoms with E-state index in [9.17, 15) is 18.0 Å². The van der Waals surface area contributed by atoms with Crippen LogP contribution in [0.15, 0.2) is 36.4 Å². The Bertz CT molecular complexity index is 684. The Morgan fingerprint density at radius 1 is 1.09 bits per heavy atom. The van der Waals surface area contributed by atoms with E-state index in [0.29, 0.717) is 17.5 Å². The molecular weight excluding hydrogens is 329 g/mol. The second-order valence-electron chi connectivity index (χ2n) is 4.91. The average molecular weight is 343 g/mol.